The zero-order valence-electron chi connectivity index (χ0n) is 12.0. The van der Waals surface area contributed by atoms with Crippen LogP contribution in [0, 0.1) is 5.41 Å². The van der Waals surface area contributed by atoms with Gasteiger partial charge in [0, 0.05) is 19.7 Å². The number of ether oxygens (including phenoxy) is 1. The van der Waals surface area contributed by atoms with Crippen molar-refractivity contribution in [3.8, 4) is 0 Å². The molecule has 1 aliphatic carbocycles. The number of amides is 1. The summed E-state index contributed by atoms with van der Waals surface area (Å²) in [4.78, 5) is 14.8. The first-order valence-corrected chi connectivity index (χ1v) is 7.88. The fraction of sp³-hybridized carbons (Fsp3) is 0.667. The third-order valence-corrected chi connectivity index (χ3v) is 4.78. The van der Waals surface area contributed by atoms with Crippen LogP contribution >= 0.6 is 11.3 Å². The summed E-state index contributed by atoms with van der Waals surface area (Å²) in [6, 6.07) is 2.38. The largest absolute Gasteiger partial charge is 0.384 e. The minimum absolute atomic E-state index is 0.228. The topological polar surface area (TPSA) is 29.5 Å². The number of hydrogen-bond donors (Lipinski definition) is 0. The van der Waals surface area contributed by atoms with Gasteiger partial charge in [-0.1, -0.05) is 6.92 Å². The van der Waals surface area contributed by atoms with Crippen LogP contribution in [0.2, 0.25) is 0 Å². The maximum absolute atomic E-state index is 12.8. The standard InChI is InChI=1S/C15H23NO2S/c1-4-12(2)16(9-13-5-8-19-10-13)14(17)15(6-7-15)11-18-3/h5,8,10,12H,4,6-7,9,11H2,1-3H3/t12-/m0/s1. The highest BCUT2D eigenvalue weighted by atomic mass is 32.1. The first-order chi connectivity index (χ1) is 9.13. The molecule has 0 N–H and O–H groups in total. The van der Waals surface area contributed by atoms with E-state index in [9.17, 15) is 4.79 Å². The fourth-order valence-corrected chi connectivity index (χ4v) is 3.04. The van der Waals surface area contributed by atoms with Crippen molar-refractivity contribution in [3.63, 3.8) is 0 Å². The zero-order valence-corrected chi connectivity index (χ0v) is 12.8. The van der Waals surface area contributed by atoms with Gasteiger partial charge in [0.2, 0.25) is 5.91 Å². The molecule has 1 fully saturated rings. The van der Waals surface area contributed by atoms with Crippen LogP contribution in [0.25, 0.3) is 0 Å². The van der Waals surface area contributed by atoms with E-state index in [0.717, 1.165) is 25.8 Å². The van der Waals surface area contributed by atoms with Gasteiger partial charge in [-0.15, -0.1) is 0 Å². The zero-order chi connectivity index (χ0) is 13.9. The van der Waals surface area contributed by atoms with Crippen LogP contribution in [0.15, 0.2) is 16.8 Å². The first-order valence-electron chi connectivity index (χ1n) is 6.94. The molecule has 0 bridgehead atoms. The lowest BCUT2D eigenvalue weighted by molar-refractivity contribution is -0.142. The predicted molar refractivity (Wildman–Crippen MR) is 78.2 cm³/mol. The minimum atomic E-state index is -0.228. The van der Waals surface area contributed by atoms with Gasteiger partial charge in [0.25, 0.3) is 0 Å². The van der Waals surface area contributed by atoms with Gasteiger partial charge < -0.3 is 9.64 Å². The summed E-state index contributed by atoms with van der Waals surface area (Å²) in [6.07, 6.45) is 2.92. The molecule has 0 aromatic carbocycles. The molecule has 1 aromatic rings. The smallest absolute Gasteiger partial charge is 0.231 e. The molecule has 106 valence electrons. The van der Waals surface area contributed by atoms with Crippen LogP contribution in [0.4, 0.5) is 0 Å². The van der Waals surface area contributed by atoms with E-state index < -0.39 is 0 Å². The van der Waals surface area contributed by atoms with Gasteiger partial charge in [-0.25, -0.2) is 0 Å². The van der Waals surface area contributed by atoms with Crippen molar-refractivity contribution >= 4 is 17.2 Å². The molecule has 1 aromatic heterocycles. The predicted octanol–water partition coefficient (Wildman–Crippen LogP) is 3.30. The van der Waals surface area contributed by atoms with E-state index in [4.69, 9.17) is 4.74 Å². The van der Waals surface area contributed by atoms with Crippen molar-refractivity contribution in [1.82, 2.24) is 4.90 Å². The monoisotopic (exact) mass is 281 g/mol. The van der Waals surface area contributed by atoms with Crippen LogP contribution < -0.4 is 0 Å². The van der Waals surface area contributed by atoms with Crippen molar-refractivity contribution < 1.29 is 9.53 Å². The summed E-state index contributed by atoms with van der Waals surface area (Å²) in [5.41, 5.74) is 1.00. The third kappa shape index (κ3) is 3.18. The van der Waals surface area contributed by atoms with Gasteiger partial charge in [0.1, 0.15) is 0 Å². The molecule has 0 saturated heterocycles. The van der Waals surface area contributed by atoms with Crippen molar-refractivity contribution in [2.24, 2.45) is 5.41 Å². The van der Waals surface area contributed by atoms with Gasteiger partial charge in [-0.2, -0.15) is 11.3 Å². The molecule has 1 amide bonds. The van der Waals surface area contributed by atoms with Crippen molar-refractivity contribution in [1.29, 1.82) is 0 Å². The second kappa shape index (κ2) is 6.06. The van der Waals surface area contributed by atoms with Gasteiger partial charge in [-0.05, 0) is 48.6 Å². The van der Waals surface area contributed by atoms with E-state index in [1.54, 1.807) is 18.4 Å². The molecule has 4 heteroatoms. The van der Waals surface area contributed by atoms with Gasteiger partial charge in [-0.3, -0.25) is 4.79 Å². The Morgan fingerprint density at radius 3 is 2.79 bits per heavy atom. The first kappa shape index (κ1) is 14.5. The molecule has 0 spiro atoms. The van der Waals surface area contributed by atoms with Crippen LogP contribution in [0.5, 0.6) is 0 Å². The Bertz CT molecular complexity index is 412. The molecule has 1 aliphatic rings. The average molecular weight is 281 g/mol. The molecule has 1 saturated carbocycles. The number of hydrogen-bond acceptors (Lipinski definition) is 3. The van der Waals surface area contributed by atoms with Crippen molar-refractivity contribution in [2.75, 3.05) is 13.7 Å². The quantitative estimate of drug-likeness (QED) is 0.767. The summed E-state index contributed by atoms with van der Waals surface area (Å²) >= 11 is 1.68. The van der Waals surface area contributed by atoms with E-state index in [0.29, 0.717) is 6.61 Å². The maximum Gasteiger partial charge on any atom is 0.231 e. The van der Waals surface area contributed by atoms with Crippen LogP contribution in [0.1, 0.15) is 38.7 Å². The Balaban J connectivity index is 2.11. The highest BCUT2D eigenvalue weighted by Gasteiger charge is 2.52. The molecule has 19 heavy (non-hydrogen) atoms. The Morgan fingerprint density at radius 1 is 1.58 bits per heavy atom. The summed E-state index contributed by atoms with van der Waals surface area (Å²) in [5, 5.41) is 4.19. The van der Waals surface area contributed by atoms with Crippen LogP contribution in [-0.4, -0.2) is 30.6 Å². The average Bonchev–Trinajstić information content (AvgIpc) is 3.01. The molecule has 0 aliphatic heterocycles. The minimum Gasteiger partial charge on any atom is -0.384 e. The highest BCUT2D eigenvalue weighted by molar-refractivity contribution is 7.07. The summed E-state index contributed by atoms with van der Waals surface area (Å²) in [7, 11) is 1.68. The number of carbonyl (C=O) groups is 1. The van der Waals surface area contributed by atoms with E-state index in [1.165, 1.54) is 5.56 Å². The lowest BCUT2D eigenvalue weighted by Crippen LogP contribution is -2.43. The number of carbonyl (C=O) groups excluding carboxylic acids is 1. The molecule has 0 radical (unpaired) electrons. The lowest BCUT2D eigenvalue weighted by Gasteiger charge is -2.32. The number of rotatable bonds is 7. The number of thiophene rings is 1. The number of methoxy groups -OCH3 is 1. The molecule has 0 unspecified atom stereocenters. The second-order valence-corrected chi connectivity index (χ2v) is 6.32. The van der Waals surface area contributed by atoms with Gasteiger partial charge in [0.05, 0.1) is 12.0 Å². The Morgan fingerprint density at radius 2 is 2.32 bits per heavy atom. The lowest BCUT2D eigenvalue weighted by atomic mass is 10.0. The van der Waals surface area contributed by atoms with E-state index in [-0.39, 0.29) is 17.4 Å². The third-order valence-electron chi connectivity index (χ3n) is 4.04. The summed E-state index contributed by atoms with van der Waals surface area (Å²) in [5.74, 6) is 0.273. The van der Waals surface area contributed by atoms with Crippen molar-refractivity contribution in [3.05, 3.63) is 22.4 Å². The van der Waals surface area contributed by atoms with Crippen molar-refractivity contribution in [2.45, 2.75) is 45.7 Å². The molecule has 2 rings (SSSR count). The molecule has 1 heterocycles. The van der Waals surface area contributed by atoms with E-state index in [1.807, 2.05) is 4.90 Å². The Hall–Kier alpha value is -0.870. The fourth-order valence-electron chi connectivity index (χ4n) is 2.38. The normalized spacial score (nSPS) is 18.1. The highest BCUT2D eigenvalue weighted by Crippen LogP contribution is 2.48. The van der Waals surface area contributed by atoms with Crippen LogP contribution in [0.3, 0.4) is 0 Å². The Kier molecular flexibility index (Phi) is 4.63. The van der Waals surface area contributed by atoms with E-state index >= 15 is 0 Å². The molecular formula is C15H23NO2S. The Labute approximate surface area is 119 Å². The molecule has 3 nitrogen and oxygen atoms in total. The SMILES string of the molecule is CC[C@H](C)N(Cc1ccsc1)C(=O)C1(COC)CC1. The maximum atomic E-state index is 12.8. The number of nitrogens with zero attached hydrogens (tertiary/aromatic N) is 1. The van der Waals surface area contributed by atoms with E-state index in [2.05, 4.69) is 30.7 Å². The van der Waals surface area contributed by atoms with Gasteiger partial charge >= 0.3 is 0 Å². The summed E-state index contributed by atoms with van der Waals surface area (Å²) in [6.45, 7) is 5.55. The van der Waals surface area contributed by atoms with Crippen LogP contribution in [-0.2, 0) is 16.1 Å². The van der Waals surface area contributed by atoms with Gasteiger partial charge in [0.15, 0.2) is 0 Å². The second-order valence-electron chi connectivity index (χ2n) is 5.54. The molecule has 1 atom stereocenters. The molecular weight excluding hydrogens is 258 g/mol. The summed E-state index contributed by atoms with van der Waals surface area (Å²) < 4.78 is 5.24.